The zero-order chi connectivity index (χ0) is 18.9. The Morgan fingerprint density at radius 1 is 1.12 bits per heavy atom. The van der Waals surface area contributed by atoms with Crippen LogP contribution < -0.4 is 10.0 Å². The summed E-state index contributed by atoms with van der Waals surface area (Å²) in [7, 11) is -3.83. The molecule has 0 fully saturated rings. The normalized spacial score (nSPS) is 12.9. The lowest BCUT2D eigenvalue weighted by Gasteiger charge is -2.18. The molecule has 2 N–H and O–H groups in total. The number of sulfonamides is 1. The molecule has 2 aromatic rings. The number of carbonyl (C=O) groups excluding carboxylic acids is 1. The summed E-state index contributed by atoms with van der Waals surface area (Å²) in [5.74, 6) is -0.447. The molecule has 0 saturated carbocycles. The van der Waals surface area contributed by atoms with Crippen LogP contribution in [0.1, 0.15) is 34.9 Å². The average Bonchev–Trinajstić information content (AvgIpc) is 2.89. The van der Waals surface area contributed by atoms with E-state index in [1.165, 1.54) is 18.3 Å². The van der Waals surface area contributed by atoms with Gasteiger partial charge in [-0.15, -0.1) is 11.3 Å². The maximum Gasteiger partial charge on any atom is 0.244 e. The predicted octanol–water partition coefficient (Wildman–Crippen LogP) is 2.99. The molecule has 0 bridgehead atoms. The maximum atomic E-state index is 12.8. The number of anilines is 1. The minimum Gasteiger partial charge on any atom is -0.301 e. The van der Waals surface area contributed by atoms with Gasteiger partial charge in [0, 0.05) is 5.38 Å². The monoisotopic (exact) mass is 381 g/mol. The Morgan fingerprint density at radius 3 is 2.16 bits per heavy atom. The van der Waals surface area contributed by atoms with E-state index in [0.29, 0.717) is 16.3 Å². The Bertz CT molecular complexity index is 891. The molecule has 0 radical (unpaired) electrons. The van der Waals surface area contributed by atoms with E-state index in [9.17, 15) is 13.2 Å². The molecule has 8 heteroatoms. The summed E-state index contributed by atoms with van der Waals surface area (Å²) in [6, 6.07) is 1.04. The van der Waals surface area contributed by atoms with Crippen molar-refractivity contribution in [2.75, 3.05) is 5.32 Å². The molecule has 0 aliphatic heterocycles. The van der Waals surface area contributed by atoms with Gasteiger partial charge in [-0.1, -0.05) is 6.07 Å². The number of aryl methyl sites for hydroxylation is 3. The fourth-order valence-electron chi connectivity index (χ4n) is 2.55. The Labute approximate surface area is 152 Å². The van der Waals surface area contributed by atoms with Crippen molar-refractivity contribution in [2.24, 2.45) is 0 Å². The van der Waals surface area contributed by atoms with Gasteiger partial charge in [0.1, 0.15) is 0 Å². The number of nitrogens with one attached hydrogen (secondary N) is 2. The Morgan fingerprint density at radius 2 is 1.68 bits per heavy atom. The minimum atomic E-state index is -3.83. The lowest BCUT2D eigenvalue weighted by atomic mass is 10.0. The van der Waals surface area contributed by atoms with Gasteiger partial charge < -0.3 is 5.32 Å². The largest absolute Gasteiger partial charge is 0.301 e. The molecule has 25 heavy (non-hydrogen) atoms. The number of thiazole rings is 1. The molecule has 2 rings (SSSR count). The molecule has 1 atom stereocenters. The molecule has 1 aromatic carbocycles. The van der Waals surface area contributed by atoms with Crippen LogP contribution in [-0.4, -0.2) is 25.4 Å². The van der Waals surface area contributed by atoms with E-state index in [1.807, 2.05) is 32.2 Å². The first kappa shape index (κ1) is 19.6. The van der Waals surface area contributed by atoms with Crippen LogP contribution >= 0.6 is 11.3 Å². The highest BCUT2D eigenvalue weighted by atomic mass is 32.2. The van der Waals surface area contributed by atoms with Crippen molar-refractivity contribution >= 4 is 32.4 Å². The molecule has 0 aliphatic rings. The number of amides is 1. The third-order valence-corrected chi connectivity index (χ3v) is 6.83. The first-order valence-corrected chi connectivity index (χ1v) is 10.2. The molecule has 0 saturated heterocycles. The zero-order valence-corrected chi connectivity index (χ0v) is 16.9. The highest BCUT2D eigenvalue weighted by Gasteiger charge is 2.26. The van der Waals surface area contributed by atoms with Crippen molar-refractivity contribution in [3.63, 3.8) is 0 Å². The third-order valence-electron chi connectivity index (χ3n) is 4.14. The lowest BCUT2D eigenvalue weighted by molar-refractivity contribution is -0.117. The molecular weight excluding hydrogens is 358 g/mol. The predicted molar refractivity (Wildman–Crippen MR) is 101 cm³/mol. The quantitative estimate of drug-likeness (QED) is 0.833. The lowest BCUT2D eigenvalue weighted by Crippen LogP contribution is -2.42. The summed E-state index contributed by atoms with van der Waals surface area (Å²) < 4.78 is 28.2. The molecule has 6 nitrogen and oxygen atoms in total. The van der Waals surface area contributed by atoms with Crippen LogP contribution in [-0.2, 0) is 14.8 Å². The second-order valence-electron chi connectivity index (χ2n) is 6.22. The van der Waals surface area contributed by atoms with Crippen LogP contribution in [0.3, 0.4) is 0 Å². The third kappa shape index (κ3) is 4.26. The molecule has 136 valence electrons. The van der Waals surface area contributed by atoms with Crippen LogP contribution in [0.25, 0.3) is 0 Å². The summed E-state index contributed by atoms with van der Waals surface area (Å²) in [6.07, 6.45) is 0. The summed E-state index contributed by atoms with van der Waals surface area (Å²) in [6.45, 7) is 10.6. The topological polar surface area (TPSA) is 88.2 Å². The van der Waals surface area contributed by atoms with Crippen LogP contribution in [0, 0.1) is 34.6 Å². The van der Waals surface area contributed by atoms with Crippen LogP contribution in [0.4, 0.5) is 5.13 Å². The van der Waals surface area contributed by atoms with Crippen molar-refractivity contribution in [2.45, 2.75) is 52.5 Å². The number of carbonyl (C=O) groups is 1. The molecule has 1 aromatic heterocycles. The molecule has 1 heterocycles. The molecule has 0 aliphatic carbocycles. The smallest absolute Gasteiger partial charge is 0.244 e. The van der Waals surface area contributed by atoms with Crippen LogP contribution in [0.5, 0.6) is 0 Å². The number of hydrogen-bond acceptors (Lipinski definition) is 5. The maximum absolute atomic E-state index is 12.8. The van der Waals surface area contributed by atoms with Gasteiger partial charge in [-0.3, -0.25) is 4.79 Å². The van der Waals surface area contributed by atoms with Gasteiger partial charge in [-0.05, 0) is 63.8 Å². The van der Waals surface area contributed by atoms with Gasteiger partial charge >= 0.3 is 0 Å². The van der Waals surface area contributed by atoms with Crippen molar-refractivity contribution in [1.29, 1.82) is 0 Å². The summed E-state index contributed by atoms with van der Waals surface area (Å²) in [4.78, 5) is 16.7. The van der Waals surface area contributed by atoms with Crippen LogP contribution in [0.2, 0.25) is 0 Å². The van der Waals surface area contributed by atoms with Gasteiger partial charge in [-0.2, -0.15) is 4.72 Å². The number of rotatable bonds is 5. The van der Waals surface area contributed by atoms with Gasteiger partial charge in [-0.25, -0.2) is 13.4 Å². The Hall–Kier alpha value is -1.77. The summed E-state index contributed by atoms with van der Waals surface area (Å²) in [5, 5.41) is 4.89. The van der Waals surface area contributed by atoms with Crippen molar-refractivity contribution in [3.8, 4) is 0 Å². The highest BCUT2D eigenvalue weighted by molar-refractivity contribution is 7.89. The fourth-order valence-corrected chi connectivity index (χ4v) is 5.06. The summed E-state index contributed by atoms with van der Waals surface area (Å²) in [5.41, 5.74) is 3.99. The second kappa shape index (κ2) is 7.23. The van der Waals surface area contributed by atoms with E-state index in [2.05, 4.69) is 15.0 Å². The zero-order valence-electron chi connectivity index (χ0n) is 15.2. The first-order chi connectivity index (χ1) is 11.5. The molecular formula is C17H23N3O3S2. The van der Waals surface area contributed by atoms with E-state index in [1.54, 1.807) is 13.8 Å². The van der Waals surface area contributed by atoms with E-state index in [0.717, 1.165) is 16.8 Å². The second-order valence-corrected chi connectivity index (χ2v) is 8.72. The summed E-state index contributed by atoms with van der Waals surface area (Å²) >= 11 is 1.30. The average molecular weight is 382 g/mol. The van der Waals surface area contributed by atoms with E-state index < -0.39 is 22.0 Å². The van der Waals surface area contributed by atoms with Gasteiger partial charge in [0.05, 0.1) is 16.6 Å². The van der Waals surface area contributed by atoms with E-state index in [-0.39, 0.29) is 4.90 Å². The molecule has 1 amide bonds. The van der Waals surface area contributed by atoms with E-state index in [4.69, 9.17) is 0 Å². The number of aromatic nitrogens is 1. The molecule has 0 unspecified atom stereocenters. The number of hydrogen-bond donors (Lipinski definition) is 2. The fraction of sp³-hybridized carbons (Fsp3) is 0.412. The van der Waals surface area contributed by atoms with Gasteiger partial charge in [0.2, 0.25) is 15.9 Å². The van der Waals surface area contributed by atoms with Crippen molar-refractivity contribution in [1.82, 2.24) is 9.71 Å². The minimum absolute atomic E-state index is 0.245. The van der Waals surface area contributed by atoms with Crippen LogP contribution in [0.15, 0.2) is 16.3 Å². The van der Waals surface area contributed by atoms with Gasteiger partial charge in [0.25, 0.3) is 0 Å². The Balaban J connectivity index is 2.25. The Kier molecular flexibility index (Phi) is 5.65. The van der Waals surface area contributed by atoms with Crippen molar-refractivity contribution < 1.29 is 13.2 Å². The standard InChI is InChI=1S/C17H23N3O3S2/c1-9-7-10(2)13(5)15(12(9)4)25(22,23)20-14(6)16(21)19-17-18-11(3)8-24-17/h7-8,14,20H,1-6H3,(H,18,19,21)/t14-/m0/s1. The van der Waals surface area contributed by atoms with E-state index >= 15 is 0 Å². The number of nitrogens with zero attached hydrogens (tertiary/aromatic N) is 1. The highest BCUT2D eigenvalue weighted by Crippen LogP contribution is 2.26. The number of benzene rings is 1. The van der Waals surface area contributed by atoms with Crippen molar-refractivity contribution in [3.05, 3.63) is 39.4 Å². The van der Waals surface area contributed by atoms with Gasteiger partial charge in [0.15, 0.2) is 5.13 Å². The molecule has 0 spiro atoms. The first-order valence-electron chi connectivity index (χ1n) is 7.85. The SMILES string of the molecule is Cc1csc(NC(=O)[C@H](C)NS(=O)(=O)c2c(C)c(C)cc(C)c2C)n1.